The molecule has 166 valence electrons. The van der Waals surface area contributed by atoms with Crippen molar-refractivity contribution in [3.05, 3.63) is 68.0 Å². The number of non-ortho nitro benzene ring substituents is 1. The summed E-state index contributed by atoms with van der Waals surface area (Å²) in [4.78, 5) is 29.1. The first-order valence-electron chi connectivity index (χ1n) is 8.78. The van der Waals surface area contributed by atoms with Crippen molar-refractivity contribution in [1.82, 2.24) is 9.97 Å². The highest BCUT2D eigenvalue weighted by molar-refractivity contribution is 6.32. The number of anilines is 4. The summed E-state index contributed by atoms with van der Waals surface area (Å²) in [5.74, 6) is 0.403. The third-order valence-electron chi connectivity index (χ3n) is 4.14. The van der Waals surface area contributed by atoms with E-state index in [-0.39, 0.29) is 22.3 Å². The van der Waals surface area contributed by atoms with E-state index in [2.05, 4.69) is 26.1 Å². The van der Waals surface area contributed by atoms with Crippen molar-refractivity contribution < 1.29 is 19.3 Å². The maximum Gasteiger partial charge on any atom is 0.355 e. The first kappa shape index (κ1) is 22.3. The molecule has 0 aliphatic rings. The summed E-state index contributed by atoms with van der Waals surface area (Å²) in [6.07, 6.45) is 1.12. The lowest BCUT2D eigenvalue weighted by atomic mass is 10.2. The van der Waals surface area contributed by atoms with Crippen molar-refractivity contribution in [2.75, 3.05) is 30.4 Å². The summed E-state index contributed by atoms with van der Waals surface area (Å²) >= 11 is 6.15. The number of benzene rings is 2. The van der Waals surface area contributed by atoms with E-state index in [9.17, 15) is 20.2 Å². The number of hydrazine groups is 1. The third kappa shape index (κ3) is 4.84. The smallest absolute Gasteiger partial charge is 0.355 e. The Hall–Kier alpha value is -4.39. The van der Waals surface area contributed by atoms with Crippen LogP contribution in [0.3, 0.4) is 0 Å². The van der Waals surface area contributed by atoms with E-state index in [0.29, 0.717) is 22.9 Å². The number of rotatable bonds is 9. The fourth-order valence-corrected chi connectivity index (χ4v) is 2.86. The Bertz CT molecular complexity index is 1160. The molecule has 0 radical (unpaired) electrons. The molecule has 0 unspecified atom stereocenters. The minimum absolute atomic E-state index is 0.0952. The van der Waals surface area contributed by atoms with Crippen molar-refractivity contribution in [1.29, 1.82) is 0 Å². The Morgan fingerprint density at radius 3 is 2.16 bits per heavy atom. The molecule has 13 nitrogen and oxygen atoms in total. The molecule has 1 heterocycles. The van der Waals surface area contributed by atoms with Gasteiger partial charge in [0.2, 0.25) is 11.6 Å². The molecule has 3 rings (SSSR count). The average molecular weight is 462 g/mol. The van der Waals surface area contributed by atoms with Crippen LogP contribution in [-0.4, -0.2) is 34.0 Å². The normalized spacial score (nSPS) is 10.2. The van der Waals surface area contributed by atoms with Gasteiger partial charge in [-0.25, -0.2) is 9.97 Å². The molecule has 0 amide bonds. The second kappa shape index (κ2) is 9.61. The van der Waals surface area contributed by atoms with E-state index in [1.807, 2.05) is 0 Å². The third-order valence-corrected chi connectivity index (χ3v) is 4.43. The first-order valence-corrected chi connectivity index (χ1v) is 9.16. The van der Waals surface area contributed by atoms with Crippen molar-refractivity contribution in [2.24, 2.45) is 0 Å². The first-order chi connectivity index (χ1) is 15.3. The summed E-state index contributed by atoms with van der Waals surface area (Å²) in [5.41, 5.74) is 5.49. The van der Waals surface area contributed by atoms with E-state index in [0.717, 1.165) is 6.33 Å². The number of nitro groups is 2. The lowest BCUT2D eigenvalue weighted by Gasteiger charge is -2.14. The van der Waals surface area contributed by atoms with Crippen LogP contribution in [-0.2, 0) is 0 Å². The van der Waals surface area contributed by atoms with Crippen LogP contribution >= 0.6 is 11.6 Å². The average Bonchev–Trinajstić information content (AvgIpc) is 2.78. The zero-order valence-corrected chi connectivity index (χ0v) is 17.4. The van der Waals surface area contributed by atoms with Gasteiger partial charge in [-0.3, -0.25) is 31.1 Å². The van der Waals surface area contributed by atoms with Gasteiger partial charge in [0.1, 0.15) is 17.8 Å². The maximum atomic E-state index is 11.8. The Balaban J connectivity index is 1.89. The van der Waals surface area contributed by atoms with E-state index in [1.165, 1.54) is 50.6 Å². The van der Waals surface area contributed by atoms with Gasteiger partial charge in [-0.15, -0.1) is 0 Å². The van der Waals surface area contributed by atoms with Gasteiger partial charge in [0, 0.05) is 18.2 Å². The Labute approximate surface area is 185 Å². The van der Waals surface area contributed by atoms with Crippen LogP contribution in [0.2, 0.25) is 5.02 Å². The summed E-state index contributed by atoms with van der Waals surface area (Å²) in [6, 6.07) is 8.43. The molecule has 32 heavy (non-hydrogen) atoms. The van der Waals surface area contributed by atoms with Gasteiger partial charge in [0.25, 0.3) is 5.69 Å². The number of halogens is 1. The molecule has 0 saturated carbocycles. The molecule has 2 aromatic carbocycles. The topological polar surface area (TPSA) is 167 Å². The van der Waals surface area contributed by atoms with E-state index < -0.39 is 15.5 Å². The van der Waals surface area contributed by atoms with Gasteiger partial charge in [0.05, 0.1) is 40.5 Å². The second-order valence-corrected chi connectivity index (χ2v) is 6.45. The number of nitro benzene ring substituents is 1. The summed E-state index contributed by atoms with van der Waals surface area (Å²) in [6.45, 7) is 0. The van der Waals surface area contributed by atoms with E-state index >= 15 is 0 Å². The van der Waals surface area contributed by atoms with Crippen molar-refractivity contribution in [2.45, 2.75) is 0 Å². The lowest BCUT2D eigenvalue weighted by Crippen LogP contribution is -2.13. The second-order valence-electron chi connectivity index (χ2n) is 6.04. The monoisotopic (exact) mass is 461 g/mol. The number of nitrogens with zero attached hydrogens (tertiary/aromatic N) is 4. The van der Waals surface area contributed by atoms with Crippen LogP contribution < -0.4 is 25.6 Å². The van der Waals surface area contributed by atoms with Crippen molar-refractivity contribution in [3.8, 4) is 11.5 Å². The molecular weight excluding hydrogens is 446 g/mol. The predicted molar refractivity (Wildman–Crippen MR) is 117 cm³/mol. The number of methoxy groups -OCH3 is 2. The molecular formula is C18H16ClN7O6. The minimum atomic E-state index is -0.667. The van der Waals surface area contributed by atoms with Gasteiger partial charge in [-0.2, -0.15) is 0 Å². The predicted octanol–water partition coefficient (Wildman–Crippen LogP) is 4.15. The van der Waals surface area contributed by atoms with Gasteiger partial charge in [0.15, 0.2) is 0 Å². The Morgan fingerprint density at radius 1 is 0.906 bits per heavy atom. The van der Waals surface area contributed by atoms with Crippen LogP contribution in [0.15, 0.2) is 42.7 Å². The SMILES string of the molecule is COc1cc(OC)c(Nc2ncnc(NNc3ccc([N+](=O)[O-])cc3)c2[N+](=O)[O-])cc1Cl. The highest BCUT2D eigenvalue weighted by Crippen LogP contribution is 2.39. The van der Waals surface area contributed by atoms with Gasteiger partial charge < -0.3 is 14.8 Å². The van der Waals surface area contributed by atoms with Gasteiger partial charge >= 0.3 is 5.69 Å². The zero-order chi connectivity index (χ0) is 23.3. The van der Waals surface area contributed by atoms with Gasteiger partial charge in [-0.1, -0.05) is 11.6 Å². The van der Waals surface area contributed by atoms with Crippen LogP contribution in [0, 0.1) is 20.2 Å². The summed E-state index contributed by atoms with van der Waals surface area (Å²) < 4.78 is 10.4. The molecule has 0 bridgehead atoms. The number of ether oxygens (including phenoxy) is 2. The van der Waals surface area contributed by atoms with E-state index in [1.54, 1.807) is 0 Å². The number of aromatic nitrogens is 2. The van der Waals surface area contributed by atoms with Crippen LogP contribution in [0.25, 0.3) is 0 Å². The molecule has 0 fully saturated rings. The van der Waals surface area contributed by atoms with Crippen molar-refractivity contribution >= 4 is 46.0 Å². The summed E-state index contributed by atoms with van der Waals surface area (Å²) in [5, 5.41) is 25.6. The molecule has 1 aromatic heterocycles. The van der Waals surface area contributed by atoms with Crippen LogP contribution in [0.5, 0.6) is 11.5 Å². The molecule has 14 heteroatoms. The highest BCUT2D eigenvalue weighted by Gasteiger charge is 2.24. The molecule has 0 atom stereocenters. The largest absolute Gasteiger partial charge is 0.495 e. The highest BCUT2D eigenvalue weighted by atomic mass is 35.5. The Kier molecular flexibility index (Phi) is 6.70. The Morgan fingerprint density at radius 2 is 1.56 bits per heavy atom. The fraction of sp³-hybridized carbons (Fsp3) is 0.111. The molecule has 0 spiro atoms. The standard InChI is InChI=1S/C18H16ClN7O6/c1-31-14-8-15(32-2)13(7-12(14)19)22-17-16(26(29)30)18(21-9-20-17)24-23-10-3-5-11(6-4-10)25(27)28/h3-9,23H,1-2H3,(H2,20,21,22,24). The van der Waals surface area contributed by atoms with Crippen molar-refractivity contribution in [3.63, 3.8) is 0 Å². The van der Waals surface area contributed by atoms with E-state index in [4.69, 9.17) is 21.1 Å². The maximum absolute atomic E-state index is 11.8. The van der Waals surface area contributed by atoms with Crippen LogP contribution in [0.1, 0.15) is 0 Å². The lowest BCUT2D eigenvalue weighted by molar-refractivity contribution is -0.384. The molecule has 3 N–H and O–H groups in total. The fourth-order valence-electron chi connectivity index (χ4n) is 2.62. The quantitative estimate of drug-likeness (QED) is 0.309. The molecule has 0 aliphatic heterocycles. The number of hydrogen-bond acceptors (Lipinski definition) is 11. The number of hydrogen-bond donors (Lipinski definition) is 3. The zero-order valence-electron chi connectivity index (χ0n) is 16.7. The molecule has 3 aromatic rings. The number of nitrogens with one attached hydrogen (secondary N) is 3. The van der Waals surface area contributed by atoms with Crippen LogP contribution in [0.4, 0.5) is 34.4 Å². The van der Waals surface area contributed by atoms with Gasteiger partial charge in [-0.05, 0) is 18.2 Å². The summed E-state index contributed by atoms with van der Waals surface area (Å²) in [7, 11) is 2.86. The molecule has 0 saturated heterocycles. The molecule has 0 aliphatic carbocycles. The minimum Gasteiger partial charge on any atom is -0.495 e.